The van der Waals surface area contributed by atoms with Crippen molar-refractivity contribution in [3.05, 3.63) is 64.2 Å². The maximum Gasteiger partial charge on any atom is 0.417 e. The molecule has 0 radical (unpaired) electrons. The van der Waals surface area contributed by atoms with Crippen LogP contribution in [-0.2, 0) is 17.4 Å². The van der Waals surface area contributed by atoms with Crippen molar-refractivity contribution in [3.8, 4) is 6.07 Å². The third-order valence-electron chi connectivity index (χ3n) is 4.42. The van der Waals surface area contributed by atoms with Crippen LogP contribution in [0, 0.1) is 11.3 Å². The lowest BCUT2D eigenvalue weighted by molar-refractivity contribution is -0.137. The number of hydrogen-bond acceptors (Lipinski definition) is 3. The van der Waals surface area contributed by atoms with E-state index >= 15 is 0 Å². The minimum atomic E-state index is -4.80. The van der Waals surface area contributed by atoms with Gasteiger partial charge in [0.25, 0.3) is 5.91 Å². The van der Waals surface area contributed by atoms with Gasteiger partial charge in [-0.2, -0.15) is 18.4 Å². The number of amides is 3. The van der Waals surface area contributed by atoms with Gasteiger partial charge in [-0.3, -0.25) is 4.79 Å². The van der Waals surface area contributed by atoms with E-state index in [0.717, 1.165) is 17.7 Å². The van der Waals surface area contributed by atoms with Crippen LogP contribution in [0.15, 0.2) is 42.5 Å². The monoisotopic (exact) mass is 407 g/mol. The number of benzene rings is 2. The molecule has 0 bridgehead atoms. The number of alkyl halides is 3. The SMILES string of the molecule is CC1(Cc2ccc(Cl)cc2)NC(=O)N(c2ccc(C#N)c(C(F)(F)F)c2)C1=O. The average molecular weight is 408 g/mol. The number of imide groups is 1. The smallest absolute Gasteiger partial charge is 0.323 e. The molecule has 1 saturated heterocycles. The van der Waals surface area contributed by atoms with E-state index in [4.69, 9.17) is 16.9 Å². The Balaban J connectivity index is 1.96. The number of hydrogen-bond donors (Lipinski definition) is 1. The van der Waals surface area contributed by atoms with Gasteiger partial charge >= 0.3 is 12.2 Å². The molecule has 0 aliphatic carbocycles. The van der Waals surface area contributed by atoms with E-state index < -0.39 is 34.8 Å². The molecule has 28 heavy (non-hydrogen) atoms. The van der Waals surface area contributed by atoms with E-state index in [0.29, 0.717) is 16.0 Å². The lowest BCUT2D eigenvalue weighted by Gasteiger charge is -2.22. The van der Waals surface area contributed by atoms with E-state index in [-0.39, 0.29) is 12.1 Å². The quantitative estimate of drug-likeness (QED) is 0.771. The zero-order valence-electron chi connectivity index (χ0n) is 14.5. The van der Waals surface area contributed by atoms with Crippen LogP contribution in [0.3, 0.4) is 0 Å². The second-order valence-corrected chi connectivity index (χ2v) is 6.98. The van der Waals surface area contributed by atoms with Crippen molar-refractivity contribution >= 4 is 29.2 Å². The number of rotatable bonds is 3. The topological polar surface area (TPSA) is 73.2 Å². The van der Waals surface area contributed by atoms with Crippen molar-refractivity contribution in [2.24, 2.45) is 0 Å². The van der Waals surface area contributed by atoms with Crippen LogP contribution in [0.25, 0.3) is 0 Å². The van der Waals surface area contributed by atoms with Gasteiger partial charge in [0.1, 0.15) is 5.54 Å². The summed E-state index contributed by atoms with van der Waals surface area (Å²) in [6.07, 6.45) is -4.67. The van der Waals surface area contributed by atoms with Gasteiger partial charge in [0.2, 0.25) is 0 Å². The highest BCUT2D eigenvalue weighted by Gasteiger charge is 2.49. The number of nitriles is 1. The van der Waals surface area contributed by atoms with Gasteiger partial charge in [-0.1, -0.05) is 23.7 Å². The number of carbonyl (C=O) groups is 2. The molecule has 0 saturated carbocycles. The van der Waals surface area contributed by atoms with Gasteiger partial charge in [0.15, 0.2) is 0 Å². The molecule has 1 heterocycles. The zero-order valence-corrected chi connectivity index (χ0v) is 15.2. The third kappa shape index (κ3) is 3.53. The predicted octanol–water partition coefficient (Wildman–Crippen LogP) is 4.29. The van der Waals surface area contributed by atoms with E-state index in [9.17, 15) is 22.8 Å². The van der Waals surface area contributed by atoms with Crippen molar-refractivity contribution < 1.29 is 22.8 Å². The van der Waals surface area contributed by atoms with E-state index in [1.165, 1.54) is 13.0 Å². The molecule has 2 aromatic rings. The lowest BCUT2D eigenvalue weighted by atomic mass is 9.92. The van der Waals surface area contributed by atoms with Crippen LogP contribution in [0.1, 0.15) is 23.6 Å². The molecule has 1 aliphatic rings. The summed E-state index contributed by atoms with van der Waals surface area (Å²) in [6, 6.07) is 9.99. The third-order valence-corrected chi connectivity index (χ3v) is 4.67. The highest BCUT2D eigenvalue weighted by Crippen LogP contribution is 2.36. The summed E-state index contributed by atoms with van der Waals surface area (Å²) < 4.78 is 39.6. The van der Waals surface area contributed by atoms with Crippen LogP contribution in [0.4, 0.5) is 23.7 Å². The number of urea groups is 1. The molecule has 1 atom stereocenters. The van der Waals surface area contributed by atoms with Crippen LogP contribution in [-0.4, -0.2) is 17.5 Å². The molecule has 1 fully saturated rings. The second kappa shape index (κ2) is 6.84. The zero-order chi connectivity index (χ0) is 20.7. The fourth-order valence-electron chi connectivity index (χ4n) is 3.05. The first-order chi connectivity index (χ1) is 13.0. The number of anilines is 1. The summed E-state index contributed by atoms with van der Waals surface area (Å²) >= 11 is 5.83. The van der Waals surface area contributed by atoms with Crippen LogP contribution < -0.4 is 10.2 Å². The van der Waals surface area contributed by atoms with Crippen molar-refractivity contribution in [2.45, 2.75) is 25.1 Å². The van der Waals surface area contributed by atoms with E-state index in [1.54, 1.807) is 24.3 Å². The summed E-state index contributed by atoms with van der Waals surface area (Å²) in [5.74, 6) is -0.690. The lowest BCUT2D eigenvalue weighted by Crippen LogP contribution is -2.46. The van der Waals surface area contributed by atoms with Crippen molar-refractivity contribution in [1.29, 1.82) is 5.26 Å². The molecule has 5 nitrogen and oxygen atoms in total. The maximum absolute atomic E-state index is 13.2. The van der Waals surface area contributed by atoms with Crippen LogP contribution in [0.5, 0.6) is 0 Å². The largest absolute Gasteiger partial charge is 0.417 e. The van der Waals surface area contributed by atoms with E-state index in [2.05, 4.69) is 5.32 Å². The molecule has 1 aliphatic heterocycles. The first kappa shape index (κ1) is 19.7. The molecule has 2 aromatic carbocycles. The van der Waals surface area contributed by atoms with Crippen LogP contribution in [0.2, 0.25) is 5.02 Å². The highest BCUT2D eigenvalue weighted by molar-refractivity contribution is 6.30. The van der Waals surface area contributed by atoms with Crippen LogP contribution >= 0.6 is 11.6 Å². The molecule has 3 rings (SSSR count). The van der Waals surface area contributed by atoms with Crippen molar-refractivity contribution in [3.63, 3.8) is 0 Å². The number of nitrogens with one attached hydrogen (secondary N) is 1. The molecule has 9 heteroatoms. The fourth-order valence-corrected chi connectivity index (χ4v) is 3.18. The molecule has 0 spiro atoms. The highest BCUT2D eigenvalue weighted by atomic mass is 35.5. The summed E-state index contributed by atoms with van der Waals surface area (Å²) in [7, 11) is 0. The summed E-state index contributed by atoms with van der Waals surface area (Å²) in [5, 5.41) is 11.9. The van der Waals surface area contributed by atoms with E-state index in [1.807, 2.05) is 0 Å². The minimum Gasteiger partial charge on any atom is -0.323 e. The van der Waals surface area contributed by atoms with Gasteiger partial charge in [-0.15, -0.1) is 0 Å². The Bertz CT molecular complexity index is 999. The molecule has 0 aromatic heterocycles. The molecule has 144 valence electrons. The predicted molar refractivity (Wildman–Crippen MR) is 95.7 cm³/mol. The Hall–Kier alpha value is -3.05. The Labute approximate surface area is 163 Å². The normalized spacial score (nSPS) is 19.5. The Morgan fingerprint density at radius 1 is 1.18 bits per heavy atom. The number of nitrogens with zero attached hydrogens (tertiary/aromatic N) is 2. The Morgan fingerprint density at radius 2 is 1.82 bits per heavy atom. The Kier molecular flexibility index (Phi) is 4.81. The first-order valence-electron chi connectivity index (χ1n) is 8.08. The molecular weight excluding hydrogens is 395 g/mol. The molecule has 1 N–H and O–H groups in total. The van der Waals surface area contributed by atoms with Gasteiger partial charge < -0.3 is 5.32 Å². The van der Waals surface area contributed by atoms with Gasteiger partial charge in [0, 0.05) is 11.4 Å². The minimum absolute atomic E-state index is 0.133. The fraction of sp³-hybridized carbons (Fsp3) is 0.211. The van der Waals surface area contributed by atoms with Crippen molar-refractivity contribution in [1.82, 2.24) is 5.32 Å². The molecule has 3 amide bonds. The second-order valence-electron chi connectivity index (χ2n) is 6.55. The summed E-state index contributed by atoms with van der Waals surface area (Å²) in [5.41, 5.74) is -2.67. The summed E-state index contributed by atoms with van der Waals surface area (Å²) in [6.45, 7) is 1.50. The average Bonchev–Trinajstić information content (AvgIpc) is 2.84. The van der Waals surface area contributed by atoms with Crippen molar-refractivity contribution in [2.75, 3.05) is 4.90 Å². The van der Waals surface area contributed by atoms with Gasteiger partial charge in [0.05, 0.1) is 22.9 Å². The standard InChI is InChI=1S/C19H13ClF3N3O2/c1-18(9-11-2-5-13(20)6-3-11)16(27)26(17(28)25-18)14-7-4-12(10-24)15(8-14)19(21,22)23/h2-8H,9H2,1H3,(H,25,28). The van der Waals surface area contributed by atoms with Gasteiger partial charge in [-0.25, -0.2) is 9.69 Å². The van der Waals surface area contributed by atoms with Gasteiger partial charge in [-0.05, 0) is 42.8 Å². The first-order valence-corrected chi connectivity index (χ1v) is 8.45. The number of carbonyl (C=O) groups excluding carboxylic acids is 2. The molecular formula is C19H13ClF3N3O2. The Morgan fingerprint density at radius 3 is 2.39 bits per heavy atom. The molecule has 1 unspecified atom stereocenters. The summed E-state index contributed by atoms with van der Waals surface area (Å²) in [4.78, 5) is 25.9. The maximum atomic E-state index is 13.2. The number of halogens is 4.